The number of nitrogens with zero attached hydrogens (tertiary/aromatic N) is 3. The van der Waals surface area contributed by atoms with Gasteiger partial charge in [0.15, 0.2) is 0 Å². The van der Waals surface area contributed by atoms with Gasteiger partial charge in [-0.2, -0.15) is 5.10 Å². The molecule has 2 unspecified atom stereocenters. The lowest BCUT2D eigenvalue weighted by atomic mass is 9.97. The second-order valence-corrected chi connectivity index (χ2v) is 7.32. The zero-order chi connectivity index (χ0) is 19.1. The Balaban J connectivity index is 1.43. The van der Waals surface area contributed by atoms with Crippen molar-refractivity contribution in [3.63, 3.8) is 0 Å². The molecular formula is C20H28N4O3. The lowest BCUT2D eigenvalue weighted by molar-refractivity contribution is -0.384. The largest absolute Gasteiger partial charge is 0.392 e. The van der Waals surface area contributed by atoms with Crippen LogP contribution in [-0.4, -0.2) is 22.5 Å². The summed E-state index contributed by atoms with van der Waals surface area (Å²) in [6.07, 6.45) is 10.3. The van der Waals surface area contributed by atoms with Crippen molar-refractivity contribution < 1.29 is 9.76 Å². The molecule has 0 spiro atoms. The van der Waals surface area contributed by atoms with Gasteiger partial charge in [0.05, 0.1) is 16.7 Å². The molecule has 1 aromatic rings. The minimum atomic E-state index is -0.373. The van der Waals surface area contributed by atoms with Crippen molar-refractivity contribution in [3.8, 4) is 0 Å². The van der Waals surface area contributed by atoms with Crippen molar-refractivity contribution >= 4 is 17.1 Å². The number of oxime groups is 1. The lowest BCUT2D eigenvalue weighted by Gasteiger charge is -2.09. The maximum absolute atomic E-state index is 11.0. The maximum atomic E-state index is 11.0. The summed E-state index contributed by atoms with van der Waals surface area (Å²) in [4.78, 5) is 16.2. The van der Waals surface area contributed by atoms with Crippen LogP contribution in [-0.2, 0) is 4.84 Å². The van der Waals surface area contributed by atoms with Crippen LogP contribution in [0.15, 0.2) is 34.5 Å². The van der Waals surface area contributed by atoms with Crippen LogP contribution in [0, 0.1) is 10.1 Å². The molecule has 27 heavy (non-hydrogen) atoms. The molecule has 3 rings (SSSR count). The van der Waals surface area contributed by atoms with Gasteiger partial charge in [-0.3, -0.25) is 10.1 Å². The maximum Gasteiger partial charge on any atom is 0.269 e. The molecule has 2 heterocycles. The predicted octanol–water partition coefficient (Wildman–Crippen LogP) is 4.88. The van der Waals surface area contributed by atoms with E-state index in [0.29, 0.717) is 6.42 Å². The van der Waals surface area contributed by atoms with Crippen molar-refractivity contribution in [1.82, 2.24) is 5.43 Å². The second kappa shape index (κ2) is 9.48. The number of unbranched alkanes of at least 4 members (excludes halogenated alkanes) is 5. The molecule has 0 saturated carbocycles. The Labute approximate surface area is 160 Å². The SMILES string of the molecule is CCCCCCCCC1CC(C2=NNC(c3cccc([N+](=O)[O-])c3)C2)=NO1. The van der Waals surface area contributed by atoms with Crippen LogP contribution in [0.3, 0.4) is 0 Å². The molecule has 0 amide bonds. The number of nitro benzene ring substituents is 1. The Hall–Kier alpha value is -2.44. The summed E-state index contributed by atoms with van der Waals surface area (Å²) in [7, 11) is 0. The molecule has 2 aliphatic heterocycles. The van der Waals surface area contributed by atoms with Crippen LogP contribution in [0.4, 0.5) is 5.69 Å². The first-order valence-electron chi connectivity index (χ1n) is 9.97. The van der Waals surface area contributed by atoms with Crippen LogP contribution in [0.2, 0.25) is 0 Å². The second-order valence-electron chi connectivity index (χ2n) is 7.32. The quantitative estimate of drug-likeness (QED) is 0.360. The number of nitrogens with one attached hydrogen (secondary N) is 1. The average Bonchev–Trinajstić information content (AvgIpc) is 3.34. The Bertz CT molecular complexity index is 717. The molecule has 0 bridgehead atoms. The molecule has 0 radical (unpaired) electrons. The summed E-state index contributed by atoms with van der Waals surface area (Å²) in [5, 5.41) is 19.6. The highest BCUT2D eigenvalue weighted by atomic mass is 16.6. The smallest absolute Gasteiger partial charge is 0.269 e. The number of nitro groups is 1. The van der Waals surface area contributed by atoms with Crippen LogP contribution in [0.1, 0.15) is 76.3 Å². The van der Waals surface area contributed by atoms with E-state index in [9.17, 15) is 10.1 Å². The van der Waals surface area contributed by atoms with Gasteiger partial charge in [-0.15, -0.1) is 0 Å². The Kier molecular flexibility index (Phi) is 6.79. The number of hydrogen-bond acceptors (Lipinski definition) is 6. The number of hydrazone groups is 1. The summed E-state index contributed by atoms with van der Waals surface area (Å²) in [6, 6.07) is 6.64. The molecule has 7 heteroatoms. The van der Waals surface area contributed by atoms with Gasteiger partial charge in [0.25, 0.3) is 5.69 Å². The molecule has 2 aliphatic rings. The van der Waals surface area contributed by atoms with Crippen LogP contribution >= 0.6 is 0 Å². The fraction of sp³-hybridized carbons (Fsp3) is 0.600. The topological polar surface area (TPSA) is 89.1 Å². The van der Waals surface area contributed by atoms with Gasteiger partial charge in [-0.25, -0.2) is 0 Å². The van der Waals surface area contributed by atoms with Crippen molar-refractivity contribution in [2.24, 2.45) is 10.3 Å². The molecule has 0 aromatic heterocycles. The van der Waals surface area contributed by atoms with E-state index in [1.807, 2.05) is 6.07 Å². The number of non-ortho nitro benzene ring substituents is 1. The van der Waals surface area contributed by atoms with E-state index in [1.165, 1.54) is 44.6 Å². The molecule has 0 fully saturated rings. The van der Waals surface area contributed by atoms with Crippen molar-refractivity contribution in [2.75, 3.05) is 0 Å². The van der Waals surface area contributed by atoms with Crippen LogP contribution in [0.5, 0.6) is 0 Å². The third-order valence-corrected chi connectivity index (χ3v) is 5.18. The summed E-state index contributed by atoms with van der Waals surface area (Å²) in [6.45, 7) is 2.23. The Morgan fingerprint density at radius 3 is 2.81 bits per heavy atom. The van der Waals surface area contributed by atoms with E-state index >= 15 is 0 Å². The highest BCUT2D eigenvalue weighted by Crippen LogP contribution is 2.27. The minimum absolute atomic E-state index is 0.0554. The van der Waals surface area contributed by atoms with Gasteiger partial charge in [-0.05, 0) is 18.4 Å². The van der Waals surface area contributed by atoms with Crippen molar-refractivity contribution in [2.45, 2.75) is 76.9 Å². The first-order chi connectivity index (χ1) is 13.2. The highest BCUT2D eigenvalue weighted by Gasteiger charge is 2.30. The average molecular weight is 372 g/mol. The first kappa shape index (κ1) is 19.3. The fourth-order valence-electron chi connectivity index (χ4n) is 3.58. The molecule has 0 saturated heterocycles. The molecule has 7 nitrogen and oxygen atoms in total. The minimum Gasteiger partial charge on any atom is -0.392 e. The van der Waals surface area contributed by atoms with Gasteiger partial charge in [0, 0.05) is 25.0 Å². The lowest BCUT2D eigenvalue weighted by Crippen LogP contribution is -2.15. The third-order valence-electron chi connectivity index (χ3n) is 5.18. The summed E-state index contributed by atoms with van der Waals surface area (Å²) in [5.41, 5.74) is 5.86. The Morgan fingerprint density at radius 2 is 2.00 bits per heavy atom. The normalized spacial score (nSPS) is 21.4. The predicted molar refractivity (Wildman–Crippen MR) is 106 cm³/mol. The number of rotatable bonds is 10. The summed E-state index contributed by atoms with van der Waals surface area (Å²) < 4.78 is 0. The Morgan fingerprint density at radius 1 is 1.19 bits per heavy atom. The third kappa shape index (κ3) is 5.28. The summed E-state index contributed by atoms with van der Waals surface area (Å²) in [5.74, 6) is 0. The zero-order valence-corrected chi connectivity index (χ0v) is 15.9. The standard InChI is InChI=1S/C20H28N4O3/c1-2-3-4-5-6-7-11-17-13-20(23-27-17)19-14-18(21-22-19)15-9-8-10-16(12-15)24(25)26/h8-10,12,17-18,21H,2-7,11,13-14H2,1H3. The van der Waals surface area contributed by atoms with Gasteiger partial charge in [-0.1, -0.05) is 56.3 Å². The van der Waals surface area contributed by atoms with Crippen molar-refractivity contribution in [3.05, 3.63) is 39.9 Å². The molecule has 1 aromatic carbocycles. The highest BCUT2D eigenvalue weighted by molar-refractivity contribution is 6.43. The molecule has 1 N–H and O–H groups in total. The summed E-state index contributed by atoms with van der Waals surface area (Å²) >= 11 is 0. The number of hydrogen-bond donors (Lipinski definition) is 1. The van der Waals surface area contributed by atoms with E-state index in [1.54, 1.807) is 12.1 Å². The zero-order valence-electron chi connectivity index (χ0n) is 15.9. The van der Waals surface area contributed by atoms with E-state index < -0.39 is 0 Å². The fourth-order valence-corrected chi connectivity index (χ4v) is 3.58. The van der Waals surface area contributed by atoms with Gasteiger partial charge < -0.3 is 10.3 Å². The first-order valence-corrected chi connectivity index (χ1v) is 9.97. The van der Waals surface area contributed by atoms with Crippen LogP contribution < -0.4 is 5.43 Å². The van der Waals surface area contributed by atoms with Gasteiger partial charge in [0.1, 0.15) is 11.8 Å². The van der Waals surface area contributed by atoms with E-state index in [4.69, 9.17) is 4.84 Å². The van der Waals surface area contributed by atoms with Gasteiger partial charge >= 0.3 is 0 Å². The molecule has 0 aliphatic carbocycles. The van der Waals surface area contributed by atoms with E-state index in [2.05, 4.69) is 22.6 Å². The molecule has 146 valence electrons. The van der Waals surface area contributed by atoms with Crippen LogP contribution in [0.25, 0.3) is 0 Å². The van der Waals surface area contributed by atoms with E-state index in [-0.39, 0.29) is 22.8 Å². The molecule has 2 atom stereocenters. The van der Waals surface area contributed by atoms with E-state index in [0.717, 1.165) is 29.8 Å². The number of benzene rings is 1. The monoisotopic (exact) mass is 372 g/mol. The van der Waals surface area contributed by atoms with Gasteiger partial charge in [0.2, 0.25) is 0 Å². The molecular weight excluding hydrogens is 344 g/mol. The van der Waals surface area contributed by atoms with Crippen molar-refractivity contribution in [1.29, 1.82) is 0 Å².